The average Bonchev–Trinajstić information content (AvgIpc) is 2.86. The van der Waals surface area contributed by atoms with Crippen LogP contribution >= 0.6 is 11.8 Å². The summed E-state index contributed by atoms with van der Waals surface area (Å²) in [6.07, 6.45) is -2.25. The number of hydrogen-bond donors (Lipinski definition) is 0. The molecule has 0 spiro atoms. The number of imide groups is 1. The van der Waals surface area contributed by atoms with Crippen LogP contribution in [0.3, 0.4) is 0 Å². The minimum atomic E-state index is -4.50. The number of halogens is 3. The zero-order valence-electron chi connectivity index (χ0n) is 13.5. The first-order valence-electron chi connectivity index (χ1n) is 7.86. The smallest absolute Gasteiger partial charge is 0.274 e. The van der Waals surface area contributed by atoms with E-state index in [0.29, 0.717) is 29.7 Å². The van der Waals surface area contributed by atoms with Gasteiger partial charge in [-0.1, -0.05) is 23.9 Å². The molecule has 2 heterocycles. The van der Waals surface area contributed by atoms with Gasteiger partial charge in [0.15, 0.2) is 5.16 Å². The first-order valence-corrected chi connectivity index (χ1v) is 8.85. The van der Waals surface area contributed by atoms with Gasteiger partial charge in [0.1, 0.15) is 5.69 Å². The maximum Gasteiger partial charge on any atom is 0.433 e. The van der Waals surface area contributed by atoms with Crippen LogP contribution in [0.4, 0.5) is 13.2 Å². The molecular formula is C17H14F3N3O2S. The largest absolute Gasteiger partial charge is 0.433 e. The van der Waals surface area contributed by atoms with E-state index in [0.717, 1.165) is 24.0 Å². The molecule has 1 aromatic heterocycles. The third-order valence-electron chi connectivity index (χ3n) is 3.81. The summed E-state index contributed by atoms with van der Waals surface area (Å²) in [7, 11) is 0. The summed E-state index contributed by atoms with van der Waals surface area (Å²) in [4.78, 5) is 32.9. The Kier molecular flexibility index (Phi) is 5.26. The second kappa shape index (κ2) is 7.45. The van der Waals surface area contributed by atoms with Gasteiger partial charge in [-0.25, -0.2) is 9.97 Å². The van der Waals surface area contributed by atoms with E-state index in [-0.39, 0.29) is 23.5 Å². The minimum Gasteiger partial charge on any atom is -0.274 e. The van der Waals surface area contributed by atoms with Crippen LogP contribution in [0.25, 0.3) is 0 Å². The number of aromatic nitrogens is 2. The molecule has 1 aliphatic rings. The highest BCUT2D eigenvalue weighted by Crippen LogP contribution is 2.28. The van der Waals surface area contributed by atoms with Gasteiger partial charge in [0.25, 0.3) is 11.8 Å². The number of amides is 2. The van der Waals surface area contributed by atoms with Gasteiger partial charge in [0.2, 0.25) is 0 Å². The number of carbonyl (C=O) groups excluding carboxylic acids is 2. The Morgan fingerprint density at radius 1 is 1.00 bits per heavy atom. The zero-order chi connectivity index (χ0) is 18.7. The highest BCUT2D eigenvalue weighted by Gasteiger charge is 2.34. The third kappa shape index (κ3) is 3.87. The van der Waals surface area contributed by atoms with E-state index >= 15 is 0 Å². The van der Waals surface area contributed by atoms with E-state index < -0.39 is 11.9 Å². The molecular weight excluding hydrogens is 367 g/mol. The maximum atomic E-state index is 12.6. The van der Waals surface area contributed by atoms with Crippen LogP contribution in [-0.4, -0.2) is 39.0 Å². The summed E-state index contributed by atoms with van der Waals surface area (Å²) in [5, 5.41) is 0.0561. The molecule has 0 saturated heterocycles. The van der Waals surface area contributed by atoms with E-state index in [1.165, 1.54) is 4.90 Å². The van der Waals surface area contributed by atoms with E-state index in [2.05, 4.69) is 9.97 Å². The molecule has 5 nitrogen and oxygen atoms in total. The Labute approximate surface area is 151 Å². The van der Waals surface area contributed by atoms with E-state index in [1.54, 1.807) is 24.3 Å². The molecule has 0 atom stereocenters. The van der Waals surface area contributed by atoms with Crippen molar-refractivity contribution in [2.75, 3.05) is 12.3 Å². The van der Waals surface area contributed by atoms with Crippen molar-refractivity contribution in [3.8, 4) is 0 Å². The summed E-state index contributed by atoms with van der Waals surface area (Å²) >= 11 is 1.11. The van der Waals surface area contributed by atoms with Crippen molar-refractivity contribution < 1.29 is 22.8 Å². The van der Waals surface area contributed by atoms with Crippen molar-refractivity contribution in [3.05, 3.63) is 53.3 Å². The van der Waals surface area contributed by atoms with Gasteiger partial charge in [0, 0.05) is 18.5 Å². The fourth-order valence-electron chi connectivity index (χ4n) is 2.55. The number of carbonyl (C=O) groups is 2. The van der Waals surface area contributed by atoms with Crippen molar-refractivity contribution in [1.29, 1.82) is 0 Å². The number of rotatable bonds is 6. The number of unbranched alkanes of at least 4 members (excludes halogenated alkanes) is 1. The summed E-state index contributed by atoms with van der Waals surface area (Å²) < 4.78 is 37.8. The van der Waals surface area contributed by atoms with Crippen LogP contribution in [0.15, 0.2) is 41.7 Å². The van der Waals surface area contributed by atoms with Gasteiger partial charge in [-0.05, 0) is 31.0 Å². The fraction of sp³-hybridized carbons (Fsp3) is 0.294. The molecule has 26 heavy (non-hydrogen) atoms. The molecule has 0 bridgehead atoms. The van der Waals surface area contributed by atoms with Crippen LogP contribution in [-0.2, 0) is 6.18 Å². The summed E-state index contributed by atoms with van der Waals surface area (Å²) in [6, 6.07) is 7.48. The molecule has 136 valence electrons. The topological polar surface area (TPSA) is 63.2 Å². The highest BCUT2D eigenvalue weighted by atomic mass is 32.2. The average molecular weight is 381 g/mol. The minimum absolute atomic E-state index is 0.0561. The van der Waals surface area contributed by atoms with Crippen molar-refractivity contribution in [3.63, 3.8) is 0 Å². The summed E-state index contributed by atoms with van der Waals surface area (Å²) in [5.41, 5.74) is -0.158. The Hall–Kier alpha value is -2.42. The molecule has 1 aromatic carbocycles. The molecule has 1 aliphatic heterocycles. The van der Waals surface area contributed by atoms with E-state index in [4.69, 9.17) is 0 Å². The lowest BCUT2D eigenvalue weighted by Gasteiger charge is -2.13. The van der Waals surface area contributed by atoms with Crippen LogP contribution in [0, 0.1) is 0 Å². The second-order valence-corrected chi connectivity index (χ2v) is 6.65. The zero-order valence-corrected chi connectivity index (χ0v) is 14.3. The van der Waals surface area contributed by atoms with Gasteiger partial charge in [0.05, 0.1) is 11.1 Å². The Morgan fingerprint density at radius 3 is 2.27 bits per heavy atom. The Balaban J connectivity index is 1.47. The Morgan fingerprint density at radius 2 is 1.65 bits per heavy atom. The molecule has 3 rings (SSSR count). The number of nitrogens with zero attached hydrogens (tertiary/aromatic N) is 3. The third-order valence-corrected chi connectivity index (χ3v) is 4.76. The first kappa shape index (κ1) is 18.4. The van der Waals surface area contributed by atoms with Gasteiger partial charge >= 0.3 is 6.18 Å². The molecule has 0 N–H and O–H groups in total. The predicted molar refractivity (Wildman–Crippen MR) is 88.8 cm³/mol. The normalized spacial score (nSPS) is 14.0. The molecule has 0 fully saturated rings. The lowest BCUT2D eigenvalue weighted by Crippen LogP contribution is -2.30. The fourth-order valence-corrected chi connectivity index (χ4v) is 3.38. The molecule has 0 radical (unpaired) electrons. The first-order chi connectivity index (χ1) is 12.4. The molecule has 0 aliphatic carbocycles. The van der Waals surface area contributed by atoms with Crippen LogP contribution in [0.2, 0.25) is 0 Å². The number of thioether (sulfide) groups is 1. The molecule has 0 saturated carbocycles. The van der Waals surface area contributed by atoms with Gasteiger partial charge in [-0.2, -0.15) is 13.2 Å². The second-order valence-electron chi connectivity index (χ2n) is 5.59. The summed E-state index contributed by atoms with van der Waals surface area (Å²) in [5.74, 6) is -0.122. The maximum absolute atomic E-state index is 12.6. The number of fused-ring (bicyclic) bond motifs is 1. The van der Waals surface area contributed by atoms with E-state index in [9.17, 15) is 22.8 Å². The van der Waals surface area contributed by atoms with Crippen LogP contribution in [0.1, 0.15) is 39.3 Å². The van der Waals surface area contributed by atoms with Crippen molar-refractivity contribution in [2.45, 2.75) is 24.2 Å². The van der Waals surface area contributed by atoms with Gasteiger partial charge < -0.3 is 0 Å². The monoisotopic (exact) mass is 381 g/mol. The lowest BCUT2D eigenvalue weighted by atomic mass is 10.1. The number of alkyl halides is 3. The molecule has 2 aromatic rings. The SMILES string of the molecule is O=C1c2ccccc2C(=O)N1CCCCSc1nccc(C(F)(F)F)n1. The Bertz CT molecular complexity index is 807. The van der Waals surface area contributed by atoms with Gasteiger partial charge in [-0.3, -0.25) is 14.5 Å². The van der Waals surface area contributed by atoms with Crippen molar-refractivity contribution >= 4 is 23.6 Å². The lowest BCUT2D eigenvalue weighted by molar-refractivity contribution is -0.141. The highest BCUT2D eigenvalue weighted by molar-refractivity contribution is 7.99. The van der Waals surface area contributed by atoms with E-state index in [1.807, 2.05) is 0 Å². The van der Waals surface area contributed by atoms with Gasteiger partial charge in [-0.15, -0.1) is 0 Å². The number of benzene rings is 1. The summed E-state index contributed by atoms with van der Waals surface area (Å²) in [6.45, 7) is 0.274. The van der Waals surface area contributed by atoms with Crippen molar-refractivity contribution in [2.24, 2.45) is 0 Å². The number of hydrogen-bond acceptors (Lipinski definition) is 5. The van der Waals surface area contributed by atoms with Crippen LogP contribution in [0.5, 0.6) is 0 Å². The standard InChI is InChI=1S/C17H14F3N3O2S/c18-17(19,20)13-7-8-21-16(22-13)26-10-4-3-9-23-14(24)11-5-1-2-6-12(11)15(23)25/h1-2,5-8H,3-4,9-10H2. The molecule has 0 unspecified atom stereocenters. The van der Waals surface area contributed by atoms with Crippen molar-refractivity contribution in [1.82, 2.24) is 14.9 Å². The molecule has 2 amide bonds. The molecule has 9 heteroatoms. The van der Waals surface area contributed by atoms with Crippen LogP contribution < -0.4 is 0 Å². The predicted octanol–water partition coefficient (Wildman–Crippen LogP) is 3.66. The quantitative estimate of drug-likeness (QED) is 0.331.